The number of nitrogens with two attached hydrogens (primary N) is 1. The van der Waals surface area contributed by atoms with Crippen molar-refractivity contribution in [3.05, 3.63) is 33.8 Å². The predicted molar refractivity (Wildman–Crippen MR) is 57.5 cm³/mol. The van der Waals surface area contributed by atoms with Crippen LogP contribution in [0.25, 0.3) is 0 Å². The average Bonchev–Trinajstić information content (AvgIpc) is 2.04. The number of aryl methyl sites for hydroxylation is 1. The van der Waals surface area contributed by atoms with Crippen molar-refractivity contribution in [2.24, 2.45) is 5.73 Å². The molecule has 0 amide bonds. The van der Waals surface area contributed by atoms with Crippen LogP contribution < -0.4 is 5.73 Å². The highest BCUT2D eigenvalue weighted by Crippen LogP contribution is 2.25. The van der Waals surface area contributed by atoms with Crippen LogP contribution in [0.1, 0.15) is 23.7 Å². The van der Waals surface area contributed by atoms with Crippen LogP contribution in [-0.2, 0) is 0 Å². The zero-order chi connectivity index (χ0) is 9.84. The van der Waals surface area contributed by atoms with Gasteiger partial charge in [0, 0.05) is 4.47 Å². The molecule has 0 aliphatic rings. The first-order valence-electron chi connectivity index (χ1n) is 4.29. The molecule has 0 saturated carbocycles. The largest absolute Gasteiger partial charge is 0.388 e. The Morgan fingerprint density at radius 3 is 2.77 bits per heavy atom. The maximum absolute atomic E-state index is 9.68. The molecular formula is C10H14BrNO. The topological polar surface area (TPSA) is 46.2 Å². The molecule has 1 rings (SSSR count). The van der Waals surface area contributed by atoms with E-state index >= 15 is 0 Å². The zero-order valence-electron chi connectivity index (χ0n) is 7.63. The summed E-state index contributed by atoms with van der Waals surface area (Å²) >= 11 is 3.42. The van der Waals surface area contributed by atoms with Gasteiger partial charge in [-0.05, 0) is 37.1 Å². The van der Waals surface area contributed by atoms with Crippen molar-refractivity contribution in [1.29, 1.82) is 0 Å². The Kier molecular flexibility index (Phi) is 3.90. The predicted octanol–water partition coefficient (Wildman–Crippen LogP) is 2.14. The fourth-order valence-electron chi connectivity index (χ4n) is 1.22. The molecule has 1 unspecified atom stereocenters. The van der Waals surface area contributed by atoms with Gasteiger partial charge in [-0.25, -0.2) is 0 Å². The summed E-state index contributed by atoms with van der Waals surface area (Å²) in [4.78, 5) is 0. The maximum atomic E-state index is 9.68. The Morgan fingerprint density at radius 2 is 2.23 bits per heavy atom. The molecule has 0 saturated heterocycles. The summed E-state index contributed by atoms with van der Waals surface area (Å²) in [6, 6.07) is 5.91. The third-order valence-corrected chi connectivity index (χ3v) is 2.64. The highest BCUT2D eigenvalue weighted by atomic mass is 79.9. The van der Waals surface area contributed by atoms with Crippen LogP contribution in [0.5, 0.6) is 0 Å². The maximum Gasteiger partial charge on any atom is 0.0813 e. The van der Waals surface area contributed by atoms with Crippen molar-refractivity contribution in [2.45, 2.75) is 19.4 Å². The van der Waals surface area contributed by atoms with Gasteiger partial charge in [0.15, 0.2) is 0 Å². The lowest BCUT2D eigenvalue weighted by Crippen LogP contribution is -2.07. The van der Waals surface area contributed by atoms with Crippen LogP contribution in [0, 0.1) is 6.92 Å². The second-order valence-corrected chi connectivity index (χ2v) is 3.97. The van der Waals surface area contributed by atoms with Crippen molar-refractivity contribution in [1.82, 2.24) is 0 Å². The summed E-state index contributed by atoms with van der Waals surface area (Å²) < 4.78 is 0.952. The molecule has 0 aliphatic carbocycles. The summed E-state index contributed by atoms with van der Waals surface area (Å²) in [5.41, 5.74) is 7.46. The van der Waals surface area contributed by atoms with E-state index in [-0.39, 0.29) is 0 Å². The molecule has 1 aromatic rings. The van der Waals surface area contributed by atoms with Crippen molar-refractivity contribution in [2.75, 3.05) is 6.54 Å². The van der Waals surface area contributed by atoms with E-state index in [2.05, 4.69) is 15.9 Å². The van der Waals surface area contributed by atoms with E-state index in [1.54, 1.807) is 0 Å². The standard InChI is InChI=1S/C10H14BrNO/c1-7-2-3-8(9(11)6-7)10(13)4-5-12/h2-3,6,10,13H,4-5,12H2,1H3. The van der Waals surface area contributed by atoms with Gasteiger partial charge in [0.2, 0.25) is 0 Å². The fraction of sp³-hybridized carbons (Fsp3) is 0.400. The summed E-state index contributed by atoms with van der Waals surface area (Å²) in [5.74, 6) is 0. The molecule has 13 heavy (non-hydrogen) atoms. The average molecular weight is 244 g/mol. The monoisotopic (exact) mass is 243 g/mol. The lowest BCUT2D eigenvalue weighted by molar-refractivity contribution is 0.169. The van der Waals surface area contributed by atoms with Gasteiger partial charge in [0.1, 0.15) is 0 Å². The third-order valence-electron chi connectivity index (χ3n) is 1.96. The van der Waals surface area contributed by atoms with Gasteiger partial charge in [-0.1, -0.05) is 28.1 Å². The summed E-state index contributed by atoms with van der Waals surface area (Å²) in [6.07, 6.45) is 0.141. The first-order chi connectivity index (χ1) is 6.15. The number of hydrogen-bond acceptors (Lipinski definition) is 2. The highest BCUT2D eigenvalue weighted by Gasteiger charge is 2.09. The molecule has 2 nitrogen and oxygen atoms in total. The molecule has 0 fully saturated rings. The minimum absolute atomic E-state index is 0.458. The van der Waals surface area contributed by atoms with Gasteiger partial charge in [0.25, 0.3) is 0 Å². The minimum Gasteiger partial charge on any atom is -0.388 e. The van der Waals surface area contributed by atoms with E-state index < -0.39 is 6.10 Å². The molecule has 3 N–H and O–H groups in total. The molecule has 0 radical (unpaired) electrons. The Hall–Kier alpha value is -0.380. The fourth-order valence-corrected chi connectivity index (χ4v) is 1.97. The summed E-state index contributed by atoms with van der Waals surface area (Å²) in [7, 11) is 0. The third kappa shape index (κ3) is 2.79. The van der Waals surface area contributed by atoms with E-state index in [0.717, 1.165) is 10.0 Å². The molecule has 0 bridgehead atoms. The normalized spacial score (nSPS) is 12.9. The Bertz CT molecular complexity index is 288. The number of benzene rings is 1. The van der Waals surface area contributed by atoms with Gasteiger partial charge in [-0.15, -0.1) is 0 Å². The lowest BCUT2D eigenvalue weighted by atomic mass is 10.1. The molecule has 72 valence electrons. The smallest absolute Gasteiger partial charge is 0.0813 e. The van der Waals surface area contributed by atoms with Gasteiger partial charge in [0.05, 0.1) is 6.10 Å². The van der Waals surface area contributed by atoms with Crippen LogP contribution in [0.3, 0.4) is 0 Å². The Balaban J connectivity index is 2.88. The molecule has 0 aromatic heterocycles. The van der Waals surface area contributed by atoms with Crippen molar-refractivity contribution in [3.63, 3.8) is 0 Å². The van der Waals surface area contributed by atoms with Crippen molar-refractivity contribution < 1.29 is 5.11 Å². The van der Waals surface area contributed by atoms with E-state index in [9.17, 15) is 5.11 Å². The van der Waals surface area contributed by atoms with E-state index in [4.69, 9.17) is 5.73 Å². The number of aliphatic hydroxyl groups is 1. The SMILES string of the molecule is Cc1ccc(C(O)CCN)c(Br)c1. The van der Waals surface area contributed by atoms with Crippen LogP contribution in [0.2, 0.25) is 0 Å². The molecule has 1 aromatic carbocycles. The van der Waals surface area contributed by atoms with Crippen LogP contribution in [0.15, 0.2) is 22.7 Å². The van der Waals surface area contributed by atoms with E-state index in [1.807, 2.05) is 25.1 Å². The second kappa shape index (κ2) is 4.74. The van der Waals surface area contributed by atoms with Gasteiger partial charge in [-0.2, -0.15) is 0 Å². The molecule has 0 spiro atoms. The molecule has 1 atom stereocenters. The van der Waals surface area contributed by atoms with Gasteiger partial charge in [-0.3, -0.25) is 0 Å². The lowest BCUT2D eigenvalue weighted by Gasteiger charge is -2.11. The highest BCUT2D eigenvalue weighted by molar-refractivity contribution is 9.10. The van der Waals surface area contributed by atoms with Gasteiger partial charge >= 0.3 is 0 Å². The van der Waals surface area contributed by atoms with Crippen LogP contribution in [-0.4, -0.2) is 11.7 Å². The number of halogens is 1. The van der Waals surface area contributed by atoms with Crippen LogP contribution >= 0.6 is 15.9 Å². The van der Waals surface area contributed by atoms with Crippen LogP contribution in [0.4, 0.5) is 0 Å². The Morgan fingerprint density at radius 1 is 1.54 bits per heavy atom. The molecular weight excluding hydrogens is 230 g/mol. The summed E-state index contributed by atoms with van der Waals surface area (Å²) in [6.45, 7) is 2.52. The number of rotatable bonds is 3. The Labute approximate surface area is 86.9 Å². The second-order valence-electron chi connectivity index (χ2n) is 3.12. The van der Waals surface area contributed by atoms with Crippen molar-refractivity contribution in [3.8, 4) is 0 Å². The first kappa shape index (κ1) is 10.7. The van der Waals surface area contributed by atoms with E-state index in [1.165, 1.54) is 5.56 Å². The minimum atomic E-state index is -0.458. The quantitative estimate of drug-likeness (QED) is 0.855. The number of aliphatic hydroxyl groups excluding tert-OH is 1. The van der Waals surface area contributed by atoms with Crippen molar-refractivity contribution >= 4 is 15.9 Å². The van der Waals surface area contributed by atoms with E-state index in [0.29, 0.717) is 13.0 Å². The zero-order valence-corrected chi connectivity index (χ0v) is 9.21. The number of hydrogen-bond donors (Lipinski definition) is 2. The summed E-state index contributed by atoms with van der Waals surface area (Å²) in [5, 5.41) is 9.68. The molecule has 0 heterocycles. The van der Waals surface area contributed by atoms with Gasteiger partial charge < -0.3 is 10.8 Å². The molecule has 0 aliphatic heterocycles. The molecule has 3 heteroatoms. The first-order valence-corrected chi connectivity index (χ1v) is 5.08.